The Bertz CT molecular complexity index is 1180. The third kappa shape index (κ3) is 5.47. The molecule has 1 aliphatic heterocycles. The fourth-order valence-corrected chi connectivity index (χ4v) is 5.18. The Morgan fingerprint density at radius 3 is 2.58 bits per heavy atom. The van der Waals surface area contributed by atoms with Crippen LogP contribution in [-0.4, -0.2) is 62.1 Å². The van der Waals surface area contributed by atoms with Crippen molar-refractivity contribution >= 4 is 10.9 Å². The molecular weight excluding hydrogens is 474 g/mol. The van der Waals surface area contributed by atoms with E-state index in [4.69, 9.17) is 9.47 Å². The quantitative estimate of drug-likeness (QED) is 0.273. The van der Waals surface area contributed by atoms with Crippen LogP contribution in [0.4, 0.5) is 17.6 Å². The van der Waals surface area contributed by atoms with E-state index in [0.717, 1.165) is 27.7 Å². The summed E-state index contributed by atoms with van der Waals surface area (Å²) in [4.78, 5) is 4.93. The number of ether oxygens (including phenoxy) is 2. The summed E-state index contributed by atoms with van der Waals surface area (Å²) in [5, 5.41) is 4.14. The number of nitrogens with zero attached hydrogens (tertiary/aromatic N) is 1. The highest BCUT2D eigenvalue weighted by Crippen LogP contribution is 2.47. The van der Waals surface area contributed by atoms with Crippen LogP contribution in [0.15, 0.2) is 36.4 Å². The van der Waals surface area contributed by atoms with Crippen LogP contribution in [0, 0.1) is 6.92 Å². The second-order valence-electron chi connectivity index (χ2n) is 9.25. The molecule has 0 amide bonds. The summed E-state index contributed by atoms with van der Waals surface area (Å²) in [7, 11) is 1.53. The van der Waals surface area contributed by atoms with E-state index in [0.29, 0.717) is 49.6 Å². The van der Waals surface area contributed by atoms with Crippen molar-refractivity contribution in [2.75, 3.05) is 40.0 Å². The number of methoxy groups -OCH3 is 1. The number of nitrogens with one attached hydrogen (secondary N) is 2. The molecule has 196 valence electrons. The number of aromatic amines is 1. The van der Waals surface area contributed by atoms with E-state index in [-0.39, 0.29) is 12.7 Å². The van der Waals surface area contributed by atoms with Gasteiger partial charge in [0.15, 0.2) is 0 Å². The monoisotopic (exact) mass is 507 g/mol. The first-order valence-electron chi connectivity index (χ1n) is 12.2. The average molecular weight is 508 g/mol. The minimum Gasteiger partial charge on any atom is -0.496 e. The molecule has 4 rings (SSSR count). The Kier molecular flexibility index (Phi) is 8.10. The zero-order chi connectivity index (χ0) is 25.9. The van der Waals surface area contributed by atoms with E-state index in [2.05, 4.69) is 10.3 Å². The van der Waals surface area contributed by atoms with Crippen molar-refractivity contribution in [2.45, 2.75) is 44.9 Å². The van der Waals surface area contributed by atoms with Crippen molar-refractivity contribution in [1.29, 1.82) is 0 Å². The van der Waals surface area contributed by atoms with Gasteiger partial charge < -0.3 is 19.8 Å². The van der Waals surface area contributed by atoms with Crippen LogP contribution in [-0.2, 0) is 6.42 Å². The van der Waals surface area contributed by atoms with Gasteiger partial charge in [0.05, 0.1) is 26.4 Å². The second kappa shape index (κ2) is 11.1. The van der Waals surface area contributed by atoms with Crippen LogP contribution in [0.3, 0.4) is 0 Å². The van der Waals surface area contributed by atoms with Gasteiger partial charge in [-0.15, -0.1) is 0 Å². The highest BCUT2D eigenvalue weighted by atomic mass is 19.4. The lowest BCUT2D eigenvalue weighted by molar-refractivity contribution is -0.155. The van der Waals surface area contributed by atoms with Crippen molar-refractivity contribution < 1.29 is 27.0 Å². The van der Waals surface area contributed by atoms with Crippen LogP contribution in [0.25, 0.3) is 10.9 Å². The molecule has 2 aromatic carbocycles. The molecule has 1 aliphatic rings. The number of aromatic nitrogens is 1. The SMILES string of the molecule is COc1ccc(OCCNCCCF)c(C)c1C1c2[nH]c3ccccc3c2C[C@@H](C)N1CC(F)(F)F. The molecule has 2 atom stereocenters. The molecule has 0 saturated heterocycles. The fraction of sp³-hybridized carbons (Fsp3) is 0.481. The minimum atomic E-state index is -4.36. The average Bonchev–Trinajstić information content (AvgIpc) is 3.20. The first kappa shape index (κ1) is 26.3. The predicted molar refractivity (Wildman–Crippen MR) is 133 cm³/mol. The molecule has 0 spiro atoms. The summed E-state index contributed by atoms with van der Waals surface area (Å²) in [6.07, 6.45) is -3.42. The maximum atomic E-state index is 13.8. The zero-order valence-electron chi connectivity index (χ0n) is 20.8. The van der Waals surface area contributed by atoms with Gasteiger partial charge in [0.25, 0.3) is 0 Å². The molecule has 0 aliphatic carbocycles. The molecule has 1 aromatic heterocycles. The van der Waals surface area contributed by atoms with Gasteiger partial charge in [-0.05, 0) is 62.6 Å². The van der Waals surface area contributed by atoms with Gasteiger partial charge in [0.2, 0.25) is 0 Å². The van der Waals surface area contributed by atoms with Gasteiger partial charge >= 0.3 is 6.18 Å². The fourth-order valence-electron chi connectivity index (χ4n) is 5.18. The predicted octanol–water partition coefficient (Wildman–Crippen LogP) is 5.71. The molecule has 2 heterocycles. The summed E-state index contributed by atoms with van der Waals surface area (Å²) in [6, 6.07) is 10.3. The van der Waals surface area contributed by atoms with Crippen LogP contribution < -0.4 is 14.8 Å². The van der Waals surface area contributed by atoms with E-state index in [9.17, 15) is 17.6 Å². The van der Waals surface area contributed by atoms with Crippen LogP contribution in [0.2, 0.25) is 0 Å². The molecule has 0 saturated carbocycles. The number of benzene rings is 2. The highest BCUT2D eigenvalue weighted by Gasteiger charge is 2.43. The van der Waals surface area contributed by atoms with Crippen molar-refractivity contribution in [2.24, 2.45) is 0 Å². The largest absolute Gasteiger partial charge is 0.496 e. The molecule has 1 unspecified atom stereocenters. The van der Waals surface area contributed by atoms with Crippen LogP contribution in [0.1, 0.15) is 41.8 Å². The van der Waals surface area contributed by atoms with Crippen molar-refractivity contribution in [1.82, 2.24) is 15.2 Å². The maximum Gasteiger partial charge on any atom is 0.401 e. The number of halogens is 4. The molecule has 2 N–H and O–H groups in total. The summed E-state index contributed by atoms with van der Waals surface area (Å²) in [5.74, 6) is 1.10. The third-order valence-electron chi connectivity index (χ3n) is 6.82. The lowest BCUT2D eigenvalue weighted by atomic mass is 9.86. The van der Waals surface area contributed by atoms with E-state index < -0.39 is 18.8 Å². The molecule has 0 bridgehead atoms. The Labute approximate surface area is 208 Å². The number of alkyl halides is 4. The van der Waals surface area contributed by atoms with Gasteiger partial charge in [-0.1, -0.05) is 18.2 Å². The Hall–Kier alpha value is -2.78. The smallest absolute Gasteiger partial charge is 0.401 e. The maximum absolute atomic E-state index is 13.8. The highest BCUT2D eigenvalue weighted by molar-refractivity contribution is 5.85. The Balaban J connectivity index is 1.78. The van der Waals surface area contributed by atoms with Crippen LogP contribution in [0.5, 0.6) is 11.5 Å². The summed E-state index contributed by atoms with van der Waals surface area (Å²) in [6.45, 7) is 3.73. The molecule has 5 nitrogen and oxygen atoms in total. The van der Waals surface area contributed by atoms with Gasteiger partial charge in [0.1, 0.15) is 18.1 Å². The number of hydrogen-bond donors (Lipinski definition) is 2. The molecule has 0 fully saturated rings. The minimum absolute atomic E-state index is 0.350. The van der Waals surface area contributed by atoms with E-state index in [1.54, 1.807) is 12.1 Å². The number of para-hydroxylation sites is 1. The van der Waals surface area contributed by atoms with Crippen LogP contribution >= 0.6 is 0 Å². The molecule has 3 aromatic rings. The standard InChI is InChI=1S/C27H33F4N3O2/c1-17-15-20-19-7-4-5-8-21(19)33-25(20)26(34(17)16-27(29,30)31)24-18(2)22(9-10-23(24)35-3)36-14-13-32-12-6-11-28/h4-5,7-10,17,26,32-33H,6,11-16H2,1-3H3/t17-,26?/m1/s1. The van der Waals surface area contributed by atoms with Crippen molar-refractivity contribution in [3.8, 4) is 11.5 Å². The third-order valence-corrected chi connectivity index (χ3v) is 6.82. The molecule has 9 heteroatoms. The Morgan fingerprint density at radius 1 is 1.11 bits per heavy atom. The van der Waals surface area contributed by atoms with Gasteiger partial charge in [-0.2, -0.15) is 13.2 Å². The van der Waals surface area contributed by atoms with Crippen molar-refractivity contribution in [3.63, 3.8) is 0 Å². The first-order chi connectivity index (χ1) is 17.2. The topological polar surface area (TPSA) is 49.5 Å². The summed E-state index contributed by atoms with van der Waals surface area (Å²) >= 11 is 0. The number of rotatable bonds is 10. The molecule has 36 heavy (non-hydrogen) atoms. The Morgan fingerprint density at radius 2 is 1.86 bits per heavy atom. The zero-order valence-corrected chi connectivity index (χ0v) is 20.8. The van der Waals surface area contributed by atoms with E-state index in [1.165, 1.54) is 12.0 Å². The second-order valence-corrected chi connectivity index (χ2v) is 9.25. The molecule has 0 radical (unpaired) electrons. The summed E-state index contributed by atoms with van der Waals surface area (Å²) < 4.78 is 65.4. The first-order valence-corrected chi connectivity index (χ1v) is 12.2. The summed E-state index contributed by atoms with van der Waals surface area (Å²) in [5.41, 5.74) is 4.08. The number of H-pyrrole nitrogens is 1. The van der Waals surface area contributed by atoms with E-state index >= 15 is 0 Å². The molecular formula is C27H33F4N3O2. The van der Waals surface area contributed by atoms with E-state index in [1.807, 2.05) is 38.1 Å². The van der Waals surface area contributed by atoms with Gasteiger partial charge in [-0.25, -0.2) is 0 Å². The lowest BCUT2D eigenvalue weighted by Gasteiger charge is -2.42. The van der Waals surface area contributed by atoms with Gasteiger partial charge in [0, 0.05) is 34.7 Å². The number of hydrogen-bond acceptors (Lipinski definition) is 4. The van der Waals surface area contributed by atoms with Crippen molar-refractivity contribution in [3.05, 3.63) is 58.8 Å². The lowest BCUT2D eigenvalue weighted by Crippen LogP contribution is -2.47. The normalized spacial score (nSPS) is 18.4. The van der Waals surface area contributed by atoms with Gasteiger partial charge in [-0.3, -0.25) is 9.29 Å². The number of fused-ring (bicyclic) bond motifs is 3.